The van der Waals surface area contributed by atoms with Gasteiger partial charge in [0, 0.05) is 64.1 Å². The minimum absolute atomic E-state index is 0.0362. The molecule has 250 valence electrons. The predicted octanol–water partition coefficient (Wildman–Crippen LogP) is 1.56. The van der Waals surface area contributed by atoms with Crippen LogP contribution in [-0.4, -0.2) is 68.6 Å². The van der Waals surface area contributed by atoms with Crippen molar-refractivity contribution in [3.8, 4) is 0 Å². The molecular weight excluding hydrogens is 574 g/mol. The zero-order valence-corrected chi connectivity index (χ0v) is 26.6. The van der Waals surface area contributed by atoms with Crippen molar-refractivity contribution in [3.05, 3.63) is 35.9 Å². The van der Waals surface area contributed by atoms with Crippen molar-refractivity contribution in [2.24, 2.45) is 33.4 Å². The maximum atomic E-state index is 13.4. The highest BCUT2D eigenvalue weighted by Gasteiger charge is 2.68. The molecule has 0 aliphatic heterocycles. The van der Waals surface area contributed by atoms with E-state index in [1.54, 1.807) is 0 Å². The number of hydrogen-bond donors (Lipinski definition) is 7. The zero-order valence-electron chi connectivity index (χ0n) is 26.6. The van der Waals surface area contributed by atoms with Crippen molar-refractivity contribution in [2.45, 2.75) is 89.2 Å². The summed E-state index contributed by atoms with van der Waals surface area (Å²) in [5.41, 5.74) is 16.5. The van der Waals surface area contributed by atoms with Crippen LogP contribution in [0, 0.1) is 16.2 Å². The van der Waals surface area contributed by atoms with Crippen molar-refractivity contribution >= 4 is 23.8 Å². The minimum atomic E-state index is -0.572. The summed E-state index contributed by atoms with van der Waals surface area (Å²) in [5, 5.41) is 12.0. The van der Waals surface area contributed by atoms with E-state index in [2.05, 4.69) is 21.3 Å². The van der Waals surface area contributed by atoms with Gasteiger partial charge in [0.15, 0.2) is 0 Å². The number of carbonyl (C=O) groups is 4. The van der Waals surface area contributed by atoms with E-state index in [9.17, 15) is 19.2 Å². The molecule has 10 N–H and O–H groups in total. The van der Waals surface area contributed by atoms with Gasteiger partial charge < -0.3 is 43.2 Å². The smallest absolute Gasteiger partial charge is 0.407 e. The van der Waals surface area contributed by atoms with Gasteiger partial charge in [-0.05, 0) is 79.6 Å². The topological polar surface area (TPSA) is 204 Å². The van der Waals surface area contributed by atoms with E-state index < -0.39 is 11.6 Å². The first-order valence-corrected chi connectivity index (χ1v) is 16.5. The predicted molar refractivity (Wildman–Crippen MR) is 171 cm³/mol. The normalized spacial score (nSPS) is 27.9. The van der Waals surface area contributed by atoms with Gasteiger partial charge in [0.25, 0.3) is 0 Å². The van der Waals surface area contributed by atoms with Gasteiger partial charge in [-0.15, -0.1) is 0 Å². The number of nitrogens with one attached hydrogen (secondary N) is 4. The van der Waals surface area contributed by atoms with Crippen LogP contribution in [0.15, 0.2) is 30.3 Å². The largest absolute Gasteiger partial charge is 0.445 e. The number of hydrogen-bond acceptors (Lipinski definition) is 8. The van der Waals surface area contributed by atoms with Gasteiger partial charge in [-0.3, -0.25) is 14.4 Å². The van der Waals surface area contributed by atoms with Gasteiger partial charge in [-0.25, -0.2) is 4.79 Å². The third-order valence-electron chi connectivity index (χ3n) is 10.0. The van der Waals surface area contributed by atoms with Crippen molar-refractivity contribution in [1.29, 1.82) is 0 Å². The molecule has 4 aliphatic carbocycles. The highest BCUT2D eigenvalue weighted by molar-refractivity contribution is 5.77. The van der Waals surface area contributed by atoms with Gasteiger partial charge in [0.1, 0.15) is 6.61 Å². The highest BCUT2D eigenvalue weighted by Crippen LogP contribution is 2.74. The van der Waals surface area contributed by atoms with Crippen LogP contribution in [-0.2, 0) is 25.7 Å². The maximum Gasteiger partial charge on any atom is 0.407 e. The molecule has 4 amide bonds. The van der Waals surface area contributed by atoms with Crippen molar-refractivity contribution in [1.82, 2.24) is 21.3 Å². The number of rotatable bonds is 18. The average Bonchev–Trinajstić information content (AvgIpc) is 3.01. The van der Waals surface area contributed by atoms with Crippen molar-refractivity contribution < 1.29 is 23.9 Å². The Morgan fingerprint density at radius 2 is 1.02 bits per heavy atom. The zero-order chi connectivity index (χ0) is 32.4. The van der Waals surface area contributed by atoms with Crippen LogP contribution in [0.4, 0.5) is 4.79 Å². The number of amides is 4. The molecule has 4 fully saturated rings. The highest BCUT2D eigenvalue weighted by atomic mass is 16.5. The van der Waals surface area contributed by atoms with Crippen LogP contribution in [0.5, 0.6) is 0 Å². The fraction of sp³-hybridized carbons (Fsp3) is 0.697. The van der Waals surface area contributed by atoms with E-state index in [1.807, 2.05) is 30.3 Å². The molecule has 0 aromatic heterocycles. The molecule has 1 aromatic rings. The fourth-order valence-corrected chi connectivity index (χ4v) is 9.23. The van der Waals surface area contributed by atoms with Crippen LogP contribution in [0.1, 0.15) is 82.6 Å². The van der Waals surface area contributed by atoms with E-state index in [1.165, 1.54) is 0 Å². The van der Waals surface area contributed by atoms with Crippen LogP contribution in [0.2, 0.25) is 0 Å². The first-order valence-electron chi connectivity index (χ1n) is 16.5. The SMILES string of the molecule is NCCNC(=O)CCC12CC3(CCC(=O)NCCN)CC(CCC(=O)NCCN)(C1)CC(NC(=O)OCc1ccccc1)(C2)C3. The Balaban J connectivity index is 1.61. The third kappa shape index (κ3) is 9.40. The first-order chi connectivity index (χ1) is 21.6. The molecule has 4 aliphatic rings. The summed E-state index contributed by atoms with van der Waals surface area (Å²) in [5.74, 6) is -0.109. The molecule has 45 heavy (non-hydrogen) atoms. The second-order valence-corrected chi connectivity index (χ2v) is 13.9. The van der Waals surface area contributed by atoms with Crippen LogP contribution in [0.25, 0.3) is 0 Å². The number of alkyl carbamates (subject to hydrolysis) is 1. The first kappa shape index (κ1) is 34.6. The second kappa shape index (κ2) is 15.4. The van der Waals surface area contributed by atoms with Gasteiger partial charge in [-0.1, -0.05) is 30.3 Å². The number of nitrogens with two attached hydrogens (primary N) is 3. The van der Waals surface area contributed by atoms with Gasteiger partial charge in [0.2, 0.25) is 17.7 Å². The average molecular weight is 628 g/mol. The molecular formula is C33H53N7O5. The molecule has 4 saturated carbocycles. The molecule has 4 bridgehead atoms. The van der Waals surface area contributed by atoms with Gasteiger partial charge in [0.05, 0.1) is 0 Å². The monoisotopic (exact) mass is 627 g/mol. The summed E-state index contributed by atoms with van der Waals surface area (Å²) < 4.78 is 5.72. The van der Waals surface area contributed by atoms with Crippen molar-refractivity contribution in [2.75, 3.05) is 39.3 Å². The Labute approximate surface area is 266 Å². The molecule has 5 rings (SSSR count). The Kier molecular flexibility index (Phi) is 11.8. The summed E-state index contributed by atoms with van der Waals surface area (Å²) in [6.07, 6.45) is 7.39. The second-order valence-electron chi connectivity index (χ2n) is 13.9. The molecule has 12 nitrogen and oxygen atoms in total. The molecule has 0 saturated heterocycles. The fourth-order valence-electron chi connectivity index (χ4n) is 9.23. The van der Waals surface area contributed by atoms with Crippen LogP contribution >= 0.6 is 0 Å². The Bertz CT molecular complexity index is 1070. The summed E-state index contributed by atoms with van der Waals surface area (Å²) in [7, 11) is 0. The summed E-state index contributed by atoms with van der Waals surface area (Å²) in [6.45, 7) is 2.56. The Hall–Kier alpha value is -3.22. The standard InChI is InChI=1S/C33H53N7O5/c34-12-15-37-26(41)6-9-30-19-31(10-7-27(42)38-16-13-35)21-32(20-30,11-8-28(43)39-17-14-36)24-33(22-30,23-31)40-29(44)45-18-25-4-2-1-3-5-25/h1-5H,6-24,34-36H2,(H,37,41)(H,38,42)(H,39,43)(H,40,44). The molecule has 0 spiro atoms. The summed E-state index contributed by atoms with van der Waals surface area (Å²) in [4.78, 5) is 51.7. The molecule has 0 radical (unpaired) electrons. The lowest BCUT2D eigenvalue weighted by Crippen LogP contribution is -2.69. The van der Waals surface area contributed by atoms with Gasteiger partial charge in [-0.2, -0.15) is 0 Å². The van der Waals surface area contributed by atoms with Gasteiger partial charge >= 0.3 is 6.09 Å². The molecule has 0 heterocycles. The minimum Gasteiger partial charge on any atom is -0.445 e. The van der Waals surface area contributed by atoms with E-state index in [4.69, 9.17) is 21.9 Å². The number of carbonyl (C=O) groups excluding carboxylic acids is 4. The lowest BCUT2D eigenvalue weighted by molar-refractivity contribution is -0.186. The maximum absolute atomic E-state index is 13.4. The molecule has 1 aromatic carbocycles. The summed E-state index contributed by atoms with van der Waals surface area (Å²) >= 11 is 0. The molecule has 0 unspecified atom stereocenters. The van der Waals surface area contributed by atoms with E-state index in [0.717, 1.165) is 44.1 Å². The molecule has 12 heteroatoms. The lowest BCUT2D eigenvalue weighted by atomic mass is 9.35. The van der Waals surface area contributed by atoms with Crippen LogP contribution in [0.3, 0.4) is 0 Å². The quantitative estimate of drug-likeness (QED) is 0.127. The number of benzene rings is 1. The Morgan fingerprint density at radius 1 is 0.622 bits per heavy atom. The molecule has 0 atom stereocenters. The van der Waals surface area contributed by atoms with E-state index >= 15 is 0 Å². The van der Waals surface area contributed by atoms with Crippen LogP contribution < -0.4 is 38.5 Å². The number of ether oxygens (including phenoxy) is 1. The summed E-state index contributed by atoms with van der Waals surface area (Å²) in [6, 6.07) is 9.56. The van der Waals surface area contributed by atoms with Crippen molar-refractivity contribution in [3.63, 3.8) is 0 Å². The van der Waals surface area contributed by atoms with E-state index in [-0.39, 0.29) is 40.6 Å². The van der Waals surface area contributed by atoms with E-state index in [0.29, 0.717) is 77.8 Å². The third-order valence-corrected chi connectivity index (χ3v) is 10.0. The lowest BCUT2D eigenvalue weighted by Gasteiger charge is -2.71. The Morgan fingerprint density at radius 3 is 1.40 bits per heavy atom.